The molecular formula is C39H44HfSi. The zero-order valence-corrected chi connectivity index (χ0v) is 30.3. The summed E-state index contributed by atoms with van der Waals surface area (Å²) in [5.74, 6) is 0. The van der Waals surface area contributed by atoms with E-state index in [9.17, 15) is 0 Å². The maximum atomic E-state index is 2.87. The molecule has 2 atom stereocenters. The third-order valence-electron chi connectivity index (χ3n) is 10.8. The van der Waals surface area contributed by atoms with Gasteiger partial charge in [-0.05, 0) is 0 Å². The van der Waals surface area contributed by atoms with E-state index in [0.717, 1.165) is 0 Å². The second kappa shape index (κ2) is 10.9. The fourth-order valence-electron chi connectivity index (χ4n) is 7.75. The van der Waals surface area contributed by atoms with E-state index in [0.29, 0.717) is 7.35 Å². The van der Waals surface area contributed by atoms with Gasteiger partial charge < -0.3 is 0 Å². The van der Waals surface area contributed by atoms with Crippen LogP contribution in [0.25, 0.3) is 34.4 Å². The van der Waals surface area contributed by atoms with Gasteiger partial charge >= 0.3 is 250 Å². The predicted molar refractivity (Wildman–Crippen MR) is 180 cm³/mol. The minimum absolute atomic E-state index is 0.576. The van der Waals surface area contributed by atoms with Crippen LogP contribution >= 0.6 is 0 Å². The van der Waals surface area contributed by atoms with Crippen LogP contribution in [0.2, 0.25) is 22.0 Å². The van der Waals surface area contributed by atoms with Crippen molar-refractivity contribution in [2.75, 3.05) is 0 Å². The van der Waals surface area contributed by atoms with Gasteiger partial charge in [-0.3, -0.25) is 0 Å². The van der Waals surface area contributed by atoms with E-state index in [1.807, 2.05) is 0 Å². The van der Waals surface area contributed by atoms with Gasteiger partial charge in [0.25, 0.3) is 0 Å². The zero-order chi connectivity index (χ0) is 28.8. The van der Waals surface area contributed by atoms with Crippen molar-refractivity contribution >= 4 is 17.6 Å². The Morgan fingerprint density at radius 1 is 0.634 bits per heavy atom. The fraction of sp³-hybridized carbons (Fsp3) is 0.282. The molecule has 4 aromatic rings. The molecule has 0 saturated carbocycles. The predicted octanol–water partition coefficient (Wildman–Crippen LogP) is 11.7. The molecule has 0 heterocycles. The first-order chi connectivity index (χ1) is 19.7. The summed E-state index contributed by atoms with van der Waals surface area (Å²) < 4.78 is 6.89. The second-order valence-corrected chi connectivity index (χ2v) is 60.9. The molecule has 0 aromatic heterocycles. The van der Waals surface area contributed by atoms with Gasteiger partial charge in [0.2, 0.25) is 0 Å². The molecule has 0 spiro atoms. The summed E-state index contributed by atoms with van der Waals surface area (Å²) in [5, 5.41) is 0. The summed E-state index contributed by atoms with van der Waals surface area (Å²) in [5.41, 5.74) is 13.6. The van der Waals surface area contributed by atoms with Crippen molar-refractivity contribution in [3.8, 4) is 22.3 Å². The molecule has 0 nitrogen and oxygen atoms in total. The summed E-state index contributed by atoms with van der Waals surface area (Å²) >= 11 is -3.76. The van der Waals surface area contributed by atoms with Crippen LogP contribution in [0.4, 0.5) is 0 Å². The van der Waals surface area contributed by atoms with Crippen LogP contribution in [0, 0.1) is 13.8 Å². The van der Waals surface area contributed by atoms with E-state index in [2.05, 4.69) is 146 Å². The minimum atomic E-state index is -3.76. The van der Waals surface area contributed by atoms with E-state index in [1.165, 1.54) is 63.4 Å². The number of hydrogen-bond donors (Lipinski definition) is 0. The summed E-state index contributed by atoms with van der Waals surface area (Å²) in [7, 11) is 0. The zero-order valence-electron chi connectivity index (χ0n) is 25.7. The van der Waals surface area contributed by atoms with Crippen molar-refractivity contribution in [1.82, 2.24) is 0 Å². The van der Waals surface area contributed by atoms with E-state index < -0.39 is 22.6 Å². The van der Waals surface area contributed by atoms with E-state index in [-0.39, 0.29) is 0 Å². The van der Waals surface area contributed by atoms with Gasteiger partial charge in [0.15, 0.2) is 0 Å². The number of hydrogen-bond acceptors (Lipinski definition) is 0. The molecule has 2 unspecified atom stereocenters. The molecule has 0 amide bonds. The first-order valence-electron chi connectivity index (χ1n) is 15.5. The average Bonchev–Trinajstić information content (AvgIpc) is 3.63. The normalized spacial score (nSPS) is 17.5. The molecule has 2 heteroatoms. The quantitative estimate of drug-likeness (QED) is 0.167. The van der Waals surface area contributed by atoms with Crippen LogP contribution in [0.3, 0.4) is 0 Å². The van der Waals surface area contributed by atoms with Crippen molar-refractivity contribution in [2.24, 2.45) is 0 Å². The van der Waals surface area contributed by atoms with Crippen LogP contribution in [0.5, 0.6) is 0 Å². The van der Waals surface area contributed by atoms with Crippen LogP contribution in [-0.4, -0.2) is 5.49 Å². The first kappa shape index (κ1) is 28.6. The Morgan fingerprint density at radius 3 is 1.49 bits per heavy atom. The molecule has 0 saturated heterocycles. The first-order valence-corrected chi connectivity index (χ1v) is 34.4. The van der Waals surface area contributed by atoms with E-state index in [1.54, 1.807) is 11.1 Å². The van der Waals surface area contributed by atoms with E-state index in [4.69, 9.17) is 0 Å². The number of allylic oxidation sites excluding steroid dienone is 2. The number of benzene rings is 4. The molecule has 0 aliphatic heterocycles. The van der Waals surface area contributed by atoms with Gasteiger partial charge in [0.1, 0.15) is 0 Å². The summed E-state index contributed by atoms with van der Waals surface area (Å²) in [6.45, 7) is 9.44. The van der Waals surface area contributed by atoms with Gasteiger partial charge in [-0.2, -0.15) is 0 Å². The molecule has 6 rings (SSSR count). The Labute approximate surface area is 248 Å². The van der Waals surface area contributed by atoms with Gasteiger partial charge in [0.05, 0.1) is 0 Å². The Balaban J connectivity index is 1.53. The molecule has 0 fully saturated rings. The van der Waals surface area contributed by atoms with Crippen molar-refractivity contribution in [2.45, 2.75) is 62.9 Å². The molecule has 2 aliphatic rings. The Morgan fingerprint density at radius 2 is 1.07 bits per heavy atom. The van der Waals surface area contributed by atoms with Crippen molar-refractivity contribution in [3.05, 3.63) is 130 Å². The van der Waals surface area contributed by atoms with Crippen molar-refractivity contribution in [1.29, 1.82) is 0 Å². The summed E-state index contributed by atoms with van der Waals surface area (Å²) in [6.07, 6.45) is 13.0. The van der Waals surface area contributed by atoms with Crippen molar-refractivity contribution in [3.63, 3.8) is 0 Å². The van der Waals surface area contributed by atoms with Gasteiger partial charge in [0, 0.05) is 0 Å². The van der Waals surface area contributed by atoms with E-state index >= 15 is 0 Å². The average molecular weight is 719 g/mol. The van der Waals surface area contributed by atoms with Gasteiger partial charge in [-0.1, -0.05) is 0 Å². The van der Waals surface area contributed by atoms with Crippen LogP contribution in [0.15, 0.2) is 97.1 Å². The summed E-state index contributed by atoms with van der Waals surface area (Å²) in [4.78, 5) is 0. The molecule has 41 heavy (non-hydrogen) atoms. The van der Waals surface area contributed by atoms with Crippen LogP contribution in [0.1, 0.15) is 60.5 Å². The van der Waals surface area contributed by atoms with Gasteiger partial charge in [-0.25, -0.2) is 0 Å². The van der Waals surface area contributed by atoms with Crippen LogP contribution in [-0.2, 0) is 17.1 Å². The van der Waals surface area contributed by atoms with Gasteiger partial charge in [-0.15, -0.1) is 0 Å². The molecule has 0 N–H and O–H groups in total. The standard InChI is InChI=1S/2C16H13.C5H12Si.2CH3.Hf/c2*1-12-8-10-14(11-9-12)16-7-3-5-13-4-2-6-15(13)16;1-3-4-5-6-2;;;/h2*2-11H,1H3;3-5H2,1-2H3;2*1H3;. The topological polar surface area (TPSA) is 0 Å². The van der Waals surface area contributed by atoms with Crippen LogP contribution < -0.4 is 0 Å². The Kier molecular flexibility index (Phi) is 7.62. The number of fused-ring (bicyclic) bond motifs is 2. The molecule has 208 valence electrons. The molecule has 0 bridgehead atoms. The maximum absolute atomic E-state index is 3.76. The molecule has 2 aliphatic carbocycles. The summed E-state index contributed by atoms with van der Waals surface area (Å²) in [6, 6.07) is 33.9. The monoisotopic (exact) mass is 720 g/mol. The third-order valence-corrected chi connectivity index (χ3v) is 68.7. The Hall–Kier alpha value is -2.55. The fourth-order valence-corrected chi connectivity index (χ4v) is 51.5. The number of rotatable bonds is 7. The third kappa shape index (κ3) is 4.76. The molecule has 0 radical (unpaired) electrons. The SMILES string of the molecule is CCCC[Si](C)=[Hf]([CH3])([CH3])([CH]1C=Cc2c(-c3ccc(C)cc3)cccc21)[CH]1C=Cc2c(-c3ccc(C)cc3)cccc21. The Bertz CT molecular complexity index is 1630. The number of aryl methyl sites for hydroxylation is 2. The second-order valence-electron chi connectivity index (χ2n) is 13.5. The number of unbranched alkanes of at least 4 members (excludes halogenated alkanes) is 1. The van der Waals surface area contributed by atoms with Crippen molar-refractivity contribution < 1.29 is 17.1 Å². The molecule has 4 aromatic carbocycles. The molecular weight excluding hydrogens is 675 g/mol.